The summed E-state index contributed by atoms with van der Waals surface area (Å²) in [7, 11) is 1.44. The molecule has 0 saturated heterocycles. The largest absolute Gasteiger partial charge is 0.477 e. The van der Waals surface area contributed by atoms with Gasteiger partial charge in [0.1, 0.15) is 5.56 Å². The molecule has 0 aliphatic rings. The van der Waals surface area contributed by atoms with E-state index in [1.807, 2.05) is 0 Å². The fourth-order valence-electron chi connectivity index (χ4n) is 1.62. The second-order valence-corrected chi connectivity index (χ2v) is 4.25. The number of hydrogen-bond donors (Lipinski definition) is 2. The number of aromatic nitrogens is 2. The van der Waals surface area contributed by atoms with Crippen LogP contribution in [-0.4, -0.2) is 33.5 Å². The van der Waals surface area contributed by atoms with E-state index in [-0.39, 0.29) is 11.7 Å². The molecular weight excluding hydrogens is 264 g/mol. The summed E-state index contributed by atoms with van der Waals surface area (Å²) in [5.41, 5.74) is 3.25. The Labute approximate surface area is 114 Å². The van der Waals surface area contributed by atoms with E-state index >= 15 is 0 Å². The topological polar surface area (TPSA) is 120 Å². The van der Waals surface area contributed by atoms with Gasteiger partial charge in [-0.1, -0.05) is 0 Å². The number of hydrogen-bond acceptors (Lipinski definition) is 5. The second kappa shape index (κ2) is 6.00. The monoisotopic (exact) mass is 280 g/mol. The second-order valence-electron chi connectivity index (χ2n) is 4.25. The highest BCUT2D eigenvalue weighted by molar-refractivity contribution is 6.02. The number of aromatic carboxylic acids is 1. The van der Waals surface area contributed by atoms with Crippen LogP contribution in [0.4, 0.5) is 0 Å². The molecule has 8 nitrogen and oxygen atoms in total. The summed E-state index contributed by atoms with van der Waals surface area (Å²) >= 11 is 0. The molecule has 0 amide bonds. The SMILES string of the molecule is CN=CC(=CN)n1c(=O)c(C(=O)O)cn(C(C)C)c1=O. The summed E-state index contributed by atoms with van der Waals surface area (Å²) < 4.78 is 1.84. The molecular formula is C12H16N4O4. The molecule has 1 rings (SSSR count). The van der Waals surface area contributed by atoms with Crippen LogP contribution in [0.15, 0.2) is 27.0 Å². The van der Waals surface area contributed by atoms with Crippen molar-refractivity contribution < 1.29 is 9.90 Å². The Bertz CT molecular complexity index is 694. The summed E-state index contributed by atoms with van der Waals surface area (Å²) in [6, 6.07) is -0.315. The summed E-state index contributed by atoms with van der Waals surface area (Å²) in [5, 5.41) is 9.06. The van der Waals surface area contributed by atoms with E-state index in [2.05, 4.69) is 4.99 Å². The number of allylic oxidation sites excluding steroid dienone is 1. The zero-order valence-electron chi connectivity index (χ0n) is 11.4. The Morgan fingerprint density at radius 2 is 2.05 bits per heavy atom. The molecule has 0 aliphatic carbocycles. The standard InChI is InChI=1S/C12H16N4O4/c1-7(2)15-6-9(11(18)19)10(17)16(12(15)20)8(4-13)5-14-3/h4-7H,13H2,1-3H3,(H,18,19). The van der Waals surface area contributed by atoms with E-state index in [4.69, 9.17) is 10.8 Å². The van der Waals surface area contributed by atoms with E-state index in [0.717, 1.165) is 17.0 Å². The summed E-state index contributed by atoms with van der Waals surface area (Å²) in [4.78, 5) is 39.1. The van der Waals surface area contributed by atoms with Gasteiger partial charge in [-0.15, -0.1) is 0 Å². The quantitative estimate of drug-likeness (QED) is 0.737. The third-order valence-electron chi connectivity index (χ3n) is 2.59. The van der Waals surface area contributed by atoms with Crippen molar-refractivity contribution in [1.82, 2.24) is 9.13 Å². The molecule has 0 aliphatic heterocycles. The molecule has 0 aromatic carbocycles. The van der Waals surface area contributed by atoms with Crippen LogP contribution in [0, 0.1) is 0 Å². The van der Waals surface area contributed by atoms with Gasteiger partial charge in [0.2, 0.25) is 0 Å². The number of carbonyl (C=O) groups is 1. The number of carboxylic acids is 1. The van der Waals surface area contributed by atoms with Crippen molar-refractivity contribution in [2.75, 3.05) is 7.05 Å². The smallest absolute Gasteiger partial charge is 0.342 e. The van der Waals surface area contributed by atoms with Crippen molar-refractivity contribution in [2.24, 2.45) is 10.7 Å². The van der Waals surface area contributed by atoms with Gasteiger partial charge in [0, 0.05) is 31.7 Å². The lowest BCUT2D eigenvalue weighted by molar-refractivity contribution is 0.0693. The molecule has 3 N–H and O–H groups in total. The zero-order valence-corrected chi connectivity index (χ0v) is 11.4. The van der Waals surface area contributed by atoms with Gasteiger partial charge in [-0.3, -0.25) is 14.4 Å². The maximum Gasteiger partial charge on any atom is 0.342 e. The van der Waals surface area contributed by atoms with Crippen LogP contribution in [0.2, 0.25) is 0 Å². The van der Waals surface area contributed by atoms with E-state index < -0.39 is 22.8 Å². The van der Waals surface area contributed by atoms with Crippen LogP contribution in [0.5, 0.6) is 0 Å². The average molecular weight is 280 g/mol. The van der Waals surface area contributed by atoms with Gasteiger partial charge in [0.25, 0.3) is 5.56 Å². The van der Waals surface area contributed by atoms with Crippen molar-refractivity contribution in [3.05, 3.63) is 38.8 Å². The maximum atomic E-state index is 12.3. The van der Waals surface area contributed by atoms with Crippen LogP contribution in [0.3, 0.4) is 0 Å². The van der Waals surface area contributed by atoms with Crippen molar-refractivity contribution in [1.29, 1.82) is 0 Å². The number of carboxylic acid groups (broad SMARTS) is 1. The molecule has 0 unspecified atom stereocenters. The minimum absolute atomic E-state index is 0.0139. The minimum Gasteiger partial charge on any atom is -0.477 e. The molecule has 108 valence electrons. The zero-order chi connectivity index (χ0) is 15.4. The summed E-state index contributed by atoms with van der Waals surface area (Å²) in [5.74, 6) is -1.41. The Hall–Kier alpha value is -2.64. The third kappa shape index (κ3) is 2.68. The predicted octanol–water partition coefficient (Wildman–Crippen LogP) is -0.253. The van der Waals surface area contributed by atoms with Crippen molar-refractivity contribution in [3.63, 3.8) is 0 Å². The molecule has 0 fully saturated rings. The molecule has 0 atom stereocenters. The molecule has 0 radical (unpaired) electrons. The van der Waals surface area contributed by atoms with Gasteiger partial charge in [-0.05, 0) is 13.8 Å². The van der Waals surface area contributed by atoms with Crippen LogP contribution >= 0.6 is 0 Å². The highest BCUT2D eigenvalue weighted by Crippen LogP contribution is 2.02. The lowest BCUT2D eigenvalue weighted by Crippen LogP contribution is -2.42. The fourth-order valence-corrected chi connectivity index (χ4v) is 1.62. The molecule has 1 aromatic rings. The van der Waals surface area contributed by atoms with Crippen molar-refractivity contribution in [3.8, 4) is 0 Å². The molecule has 0 saturated carbocycles. The summed E-state index contributed by atoms with van der Waals surface area (Å²) in [6.07, 6.45) is 3.26. The van der Waals surface area contributed by atoms with Crippen LogP contribution < -0.4 is 17.0 Å². The van der Waals surface area contributed by atoms with E-state index in [0.29, 0.717) is 4.57 Å². The highest BCUT2D eigenvalue weighted by Gasteiger charge is 2.19. The van der Waals surface area contributed by atoms with E-state index in [1.165, 1.54) is 13.3 Å². The predicted molar refractivity (Wildman–Crippen MR) is 75.2 cm³/mol. The molecule has 8 heteroatoms. The number of nitrogens with two attached hydrogens (primary N) is 1. The van der Waals surface area contributed by atoms with Crippen molar-refractivity contribution >= 4 is 17.9 Å². The van der Waals surface area contributed by atoms with E-state index in [9.17, 15) is 14.4 Å². The van der Waals surface area contributed by atoms with Gasteiger partial charge in [-0.2, -0.15) is 0 Å². The first-order valence-corrected chi connectivity index (χ1v) is 5.81. The molecule has 20 heavy (non-hydrogen) atoms. The van der Waals surface area contributed by atoms with Gasteiger partial charge >= 0.3 is 11.7 Å². The first-order valence-electron chi connectivity index (χ1n) is 5.81. The molecule has 1 heterocycles. The van der Waals surface area contributed by atoms with Crippen molar-refractivity contribution in [2.45, 2.75) is 19.9 Å². The fraction of sp³-hybridized carbons (Fsp3) is 0.333. The summed E-state index contributed by atoms with van der Waals surface area (Å²) in [6.45, 7) is 3.39. The lowest BCUT2D eigenvalue weighted by Gasteiger charge is -2.14. The number of nitrogens with zero attached hydrogens (tertiary/aromatic N) is 3. The first-order chi connectivity index (χ1) is 9.34. The number of rotatable bonds is 4. The van der Waals surface area contributed by atoms with Gasteiger partial charge in [-0.25, -0.2) is 14.2 Å². The normalized spacial score (nSPS) is 12.3. The molecule has 0 spiro atoms. The third-order valence-corrected chi connectivity index (χ3v) is 2.59. The van der Waals surface area contributed by atoms with Crippen LogP contribution in [0.25, 0.3) is 5.70 Å². The average Bonchev–Trinajstić information content (AvgIpc) is 2.36. The Balaban J connectivity index is 3.87. The Kier molecular flexibility index (Phi) is 4.63. The van der Waals surface area contributed by atoms with Gasteiger partial charge in [0.05, 0.1) is 5.70 Å². The van der Waals surface area contributed by atoms with Crippen LogP contribution in [-0.2, 0) is 0 Å². The maximum absolute atomic E-state index is 12.3. The van der Waals surface area contributed by atoms with Gasteiger partial charge < -0.3 is 10.8 Å². The Morgan fingerprint density at radius 3 is 2.45 bits per heavy atom. The highest BCUT2D eigenvalue weighted by atomic mass is 16.4. The first kappa shape index (κ1) is 15.4. The van der Waals surface area contributed by atoms with Gasteiger partial charge in [0.15, 0.2) is 0 Å². The van der Waals surface area contributed by atoms with E-state index in [1.54, 1.807) is 13.8 Å². The lowest BCUT2D eigenvalue weighted by atomic mass is 10.3. The Morgan fingerprint density at radius 1 is 1.45 bits per heavy atom. The molecule has 1 aromatic heterocycles. The van der Waals surface area contributed by atoms with Crippen LogP contribution in [0.1, 0.15) is 30.2 Å². The molecule has 0 bridgehead atoms. The minimum atomic E-state index is -1.41. The number of aliphatic imine (C=N–C) groups is 1.